The first-order chi connectivity index (χ1) is 5.05. The van der Waals surface area contributed by atoms with E-state index in [2.05, 4.69) is 0 Å². The number of esters is 1. The Kier molecular flexibility index (Phi) is 4.07. The largest absolute Gasteiger partial charge is 0.538 e. The van der Waals surface area contributed by atoms with Crippen LogP contribution < -0.4 is 0 Å². The van der Waals surface area contributed by atoms with Gasteiger partial charge in [-0.3, -0.25) is 4.79 Å². The van der Waals surface area contributed by atoms with Crippen molar-refractivity contribution >= 4 is 12.3 Å². The van der Waals surface area contributed by atoms with E-state index in [1.54, 1.807) is 13.8 Å². The summed E-state index contributed by atoms with van der Waals surface area (Å²) >= 11 is 0. The van der Waals surface area contributed by atoms with Gasteiger partial charge in [0.25, 0.3) is 5.97 Å². The predicted molar refractivity (Wildman–Crippen MR) is 35.0 cm³/mol. The van der Waals surface area contributed by atoms with Crippen LogP contribution in [0.1, 0.15) is 13.8 Å². The number of allylic oxidation sites excluding steroid dienone is 1. The van der Waals surface area contributed by atoms with Gasteiger partial charge in [-0.15, -0.1) is 6.08 Å². The third-order valence-electron chi connectivity index (χ3n) is 1.09. The summed E-state index contributed by atoms with van der Waals surface area (Å²) in [4.78, 5) is 20.6. The van der Waals surface area contributed by atoms with Gasteiger partial charge in [-0.1, -0.05) is 0 Å². The molecule has 1 aliphatic rings. The fourth-order valence-electron chi connectivity index (χ4n) is 0.743. The van der Waals surface area contributed by atoms with Crippen molar-refractivity contribution in [3.8, 4) is 0 Å². The number of carbonyl (C=O) groups is 1. The monoisotopic (exact) mass is 244 g/mol. The quantitative estimate of drug-likeness (QED) is 0.378. The molecule has 1 aliphatic heterocycles. The van der Waals surface area contributed by atoms with Crippen molar-refractivity contribution in [3.63, 3.8) is 0 Å². The minimum atomic E-state index is -0.959. The van der Waals surface area contributed by atoms with Crippen LogP contribution in [0.5, 0.6) is 0 Å². The fraction of sp³-hybridized carbons (Fsp3) is 0.429. The second kappa shape index (κ2) is 4.14. The Balaban J connectivity index is 0.00000121. The van der Waals surface area contributed by atoms with Gasteiger partial charge in [0.05, 0.1) is 5.76 Å². The zero-order valence-corrected chi connectivity index (χ0v) is 9.63. The van der Waals surface area contributed by atoms with Gasteiger partial charge >= 0.3 is 0 Å². The minimum absolute atomic E-state index is 0. The van der Waals surface area contributed by atoms with Crippen LogP contribution >= 0.6 is 0 Å². The van der Waals surface area contributed by atoms with Gasteiger partial charge < -0.3 is 14.3 Å². The summed E-state index contributed by atoms with van der Waals surface area (Å²) in [6.07, 6.45) is 2.35. The Morgan fingerprint density at radius 1 is 1.42 bits per heavy atom. The summed E-state index contributed by atoms with van der Waals surface area (Å²) in [6.45, 7) is 3.16. The first-order valence-corrected chi connectivity index (χ1v) is 3.05. The number of hydrogen-bond acceptors (Lipinski definition) is 4. The molecule has 0 N–H and O–H groups in total. The molecule has 0 bridgehead atoms. The Bertz CT molecular complexity index is 232. The van der Waals surface area contributed by atoms with Crippen molar-refractivity contribution in [1.82, 2.24) is 0 Å². The molecule has 0 amide bonds. The molecule has 0 saturated carbocycles. The standard InChI is InChI=1S/C7H7O4.Y/c1-7(2)10-5(3-4-8)6(9)11-7;/h3H,1-2H3;/q-1;/b5-3-;. The summed E-state index contributed by atoms with van der Waals surface area (Å²) < 4.78 is 9.63. The summed E-state index contributed by atoms with van der Waals surface area (Å²) in [5.74, 6) is -1.68. The molecule has 0 aromatic rings. The van der Waals surface area contributed by atoms with Crippen molar-refractivity contribution < 1.29 is 51.8 Å². The molecule has 0 atom stereocenters. The molecule has 12 heavy (non-hydrogen) atoms. The molecule has 1 fully saturated rings. The minimum Gasteiger partial charge on any atom is -0.538 e. The second-order valence-electron chi connectivity index (χ2n) is 2.52. The third-order valence-corrected chi connectivity index (χ3v) is 1.09. The van der Waals surface area contributed by atoms with Crippen LogP contribution in [-0.4, -0.2) is 18.0 Å². The molecule has 0 spiro atoms. The van der Waals surface area contributed by atoms with Gasteiger partial charge in [0, 0.05) is 46.6 Å². The van der Waals surface area contributed by atoms with E-state index in [0.717, 1.165) is 6.08 Å². The maximum absolute atomic E-state index is 10.8. The van der Waals surface area contributed by atoms with Crippen molar-refractivity contribution in [1.29, 1.82) is 0 Å². The van der Waals surface area contributed by atoms with Crippen LogP contribution in [-0.2, 0) is 51.8 Å². The average Bonchev–Trinajstić information content (AvgIpc) is 2.07. The van der Waals surface area contributed by atoms with Crippen LogP contribution in [0.4, 0.5) is 0 Å². The maximum Gasteiger partial charge on any atom is 0.291 e. The Morgan fingerprint density at radius 2 is 2.00 bits per heavy atom. The molecule has 1 saturated heterocycles. The molecule has 1 rings (SSSR count). The van der Waals surface area contributed by atoms with Crippen molar-refractivity contribution in [3.05, 3.63) is 11.8 Å². The fourth-order valence-corrected chi connectivity index (χ4v) is 0.743. The van der Waals surface area contributed by atoms with Gasteiger partial charge in [-0.2, -0.15) is 0 Å². The molecule has 0 aromatic heterocycles. The number of carbonyl (C=O) groups excluding carboxylic acids is 2. The van der Waals surface area contributed by atoms with E-state index < -0.39 is 11.8 Å². The Labute approximate surface area is 95.2 Å². The van der Waals surface area contributed by atoms with Gasteiger partial charge in [0.1, 0.15) is 0 Å². The number of rotatable bonds is 1. The number of cyclic esters (lactones) is 1. The van der Waals surface area contributed by atoms with E-state index >= 15 is 0 Å². The molecule has 0 aromatic carbocycles. The summed E-state index contributed by atoms with van der Waals surface area (Å²) in [7, 11) is 0. The molecule has 1 heterocycles. The van der Waals surface area contributed by atoms with Crippen LogP contribution in [0.3, 0.4) is 0 Å². The van der Waals surface area contributed by atoms with Gasteiger partial charge in [-0.25, -0.2) is 0 Å². The zero-order chi connectivity index (χ0) is 8.48. The van der Waals surface area contributed by atoms with Crippen molar-refractivity contribution in [2.24, 2.45) is 0 Å². The summed E-state index contributed by atoms with van der Waals surface area (Å²) in [6, 6.07) is 0. The van der Waals surface area contributed by atoms with Crippen LogP contribution in [0.2, 0.25) is 0 Å². The van der Waals surface area contributed by atoms with Gasteiger partial charge in [0.15, 0.2) is 0 Å². The topological polar surface area (TPSA) is 52.6 Å². The van der Waals surface area contributed by atoms with Crippen LogP contribution in [0.25, 0.3) is 0 Å². The summed E-state index contributed by atoms with van der Waals surface area (Å²) in [5.41, 5.74) is 0. The molecular formula is C7H7O4Y-. The predicted octanol–water partition coefficient (Wildman–Crippen LogP) is 0.287. The molecule has 5 heteroatoms. The average molecular weight is 244 g/mol. The molecular weight excluding hydrogens is 237 g/mol. The van der Waals surface area contributed by atoms with Crippen molar-refractivity contribution in [2.75, 3.05) is 0 Å². The molecule has 0 unspecified atom stereocenters. The van der Waals surface area contributed by atoms with Gasteiger partial charge in [-0.05, 0) is 6.29 Å². The van der Waals surface area contributed by atoms with E-state index in [0.29, 0.717) is 0 Å². The van der Waals surface area contributed by atoms with E-state index in [-0.39, 0.29) is 38.5 Å². The Hall–Kier alpha value is -0.216. The van der Waals surface area contributed by atoms with E-state index in [1.165, 1.54) is 6.29 Å². The van der Waals surface area contributed by atoms with Crippen LogP contribution in [0, 0.1) is 0 Å². The van der Waals surface area contributed by atoms with E-state index in [4.69, 9.17) is 9.47 Å². The smallest absolute Gasteiger partial charge is 0.291 e. The second-order valence-corrected chi connectivity index (χ2v) is 2.52. The number of ether oxygens (including phenoxy) is 2. The first-order valence-electron chi connectivity index (χ1n) is 3.05. The molecule has 0 aliphatic carbocycles. The molecule has 4 nitrogen and oxygen atoms in total. The zero-order valence-electron chi connectivity index (χ0n) is 6.79. The third kappa shape index (κ3) is 2.68. The normalized spacial score (nSPS) is 22.5. The van der Waals surface area contributed by atoms with E-state index in [9.17, 15) is 9.59 Å². The van der Waals surface area contributed by atoms with Crippen molar-refractivity contribution in [2.45, 2.75) is 19.6 Å². The van der Waals surface area contributed by atoms with E-state index in [1.807, 2.05) is 0 Å². The molecule has 1 radical (unpaired) electrons. The molecule has 63 valence electrons. The number of hydrogen-bond donors (Lipinski definition) is 0. The Morgan fingerprint density at radius 3 is 2.33 bits per heavy atom. The maximum atomic E-state index is 10.8. The summed E-state index contributed by atoms with van der Waals surface area (Å²) in [5, 5.41) is 0. The van der Waals surface area contributed by atoms with Crippen LogP contribution in [0.15, 0.2) is 11.8 Å². The van der Waals surface area contributed by atoms with Gasteiger partial charge in [0.2, 0.25) is 5.79 Å². The SMILES string of the molecule is CC1(C)OC(=O)/C(=C/[C-]=O)O1.[Y]. The first kappa shape index (κ1) is 11.8.